The van der Waals surface area contributed by atoms with Gasteiger partial charge in [-0.1, -0.05) is 54.0 Å². The van der Waals surface area contributed by atoms with Crippen molar-refractivity contribution in [1.82, 2.24) is 9.66 Å². The third-order valence-corrected chi connectivity index (χ3v) is 4.88. The highest BCUT2D eigenvalue weighted by Crippen LogP contribution is 2.20. The fraction of sp³-hybridized carbons (Fsp3) is 0.250. The number of hydrogen-bond acceptors (Lipinski definition) is 3. The van der Waals surface area contributed by atoms with Crippen LogP contribution in [0.2, 0.25) is 0 Å². The lowest BCUT2D eigenvalue weighted by atomic mass is 10.1. The SMILES string of the molecule is CC[C@H](C)c1nc2ccc(Br)cc2c(=O)n1N=Cc1ccccc1C. The van der Waals surface area contributed by atoms with Gasteiger partial charge in [0.2, 0.25) is 0 Å². The van der Waals surface area contributed by atoms with E-state index in [0.29, 0.717) is 16.7 Å². The molecule has 3 aromatic rings. The third kappa shape index (κ3) is 3.56. The fourth-order valence-corrected chi connectivity index (χ4v) is 2.99. The van der Waals surface area contributed by atoms with Crippen molar-refractivity contribution in [2.24, 2.45) is 5.10 Å². The Hall–Kier alpha value is -2.27. The van der Waals surface area contributed by atoms with E-state index in [4.69, 9.17) is 4.98 Å². The van der Waals surface area contributed by atoms with Crippen molar-refractivity contribution >= 4 is 33.0 Å². The van der Waals surface area contributed by atoms with E-state index in [2.05, 4.69) is 34.9 Å². The lowest BCUT2D eigenvalue weighted by molar-refractivity contribution is 0.613. The molecule has 0 aliphatic carbocycles. The topological polar surface area (TPSA) is 47.2 Å². The molecule has 2 aromatic carbocycles. The molecule has 128 valence electrons. The molecule has 4 nitrogen and oxygen atoms in total. The van der Waals surface area contributed by atoms with Crippen molar-refractivity contribution < 1.29 is 0 Å². The fourth-order valence-electron chi connectivity index (χ4n) is 2.63. The van der Waals surface area contributed by atoms with Crippen molar-refractivity contribution in [1.29, 1.82) is 0 Å². The molecule has 0 saturated heterocycles. The lowest BCUT2D eigenvalue weighted by Gasteiger charge is -2.14. The zero-order valence-corrected chi connectivity index (χ0v) is 16.1. The standard InChI is InChI=1S/C20H20BrN3O/c1-4-13(2)19-23-18-10-9-16(21)11-17(18)20(25)24(19)22-12-15-8-6-5-7-14(15)3/h5-13H,4H2,1-3H3/t13-/m0/s1. The van der Waals surface area contributed by atoms with Gasteiger partial charge in [0.15, 0.2) is 0 Å². The number of benzene rings is 2. The van der Waals surface area contributed by atoms with Gasteiger partial charge in [-0.2, -0.15) is 9.78 Å². The summed E-state index contributed by atoms with van der Waals surface area (Å²) in [7, 11) is 0. The molecule has 0 spiro atoms. The highest BCUT2D eigenvalue weighted by atomic mass is 79.9. The van der Waals surface area contributed by atoms with E-state index in [-0.39, 0.29) is 11.5 Å². The van der Waals surface area contributed by atoms with Crippen LogP contribution in [-0.4, -0.2) is 15.9 Å². The van der Waals surface area contributed by atoms with Gasteiger partial charge < -0.3 is 0 Å². The number of hydrogen-bond donors (Lipinski definition) is 0. The summed E-state index contributed by atoms with van der Waals surface area (Å²) in [6, 6.07) is 13.5. The maximum atomic E-state index is 13.0. The number of rotatable bonds is 4. The first-order chi connectivity index (χ1) is 12.0. The molecular formula is C20H20BrN3O. The molecule has 3 rings (SSSR count). The lowest BCUT2D eigenvalue weighted by Crippen LogP contribution is -2.23. The molecule has 5 heteroatoms. The van der Waals surface area contributed by atoms with E-state index in [9.17, 15) is 4.79 Å². The van der Waals surface area contributed by atoms with Crippen LogP contribution in [0.3, 0.4) is 0 Å². The Kier molecular flexibility index (Phi) is 5.13. The average Bonchev–Trinajstić information content (AvgIpc) is 2.62. The number of aromatic nitrogens is 2. The minimum Gasteiger partial charge on any atom is -0.267 e. The quantitative estimate of drug-likeness (QED) is 0.589. The van der Waals surface area contributed by atoms with Gasteiger partial charge >= 0.3 is 0 Å². The summed E-state index contributed by atoms with van der Waals surface area (Å²) in [5.41, 5.74) is 2.65. The summed E-state index contributed by atoms with van der Waals surface area (Å²) in [5, 5.41) is 5.05. The normalized spacial score (nSPS) is 12.8. The van der Waals surface area contributed by atoms with Crippen molar-refractivity contribution in [2.45, 2.75) is 33.1 Å². The predicted molar refractivity (Wildman–Crippen MR) is 107 cm³/mol. The Morgan fingerprint density at radius 3 is 2.76 bits per heavy atom. The number of halogens is 1. The maximum Gasteiger partial charge on any atom is 0.282 e. The second-order valence-corrected chi connectivity index (χ2v) is 7.07. The smallest absolute Gasteiger partial charge is 0.267 e. The van der Waals surface area contributed by atoms with Gasteiger partial charge in [-0.25, -0.2) is 4.98 Å². The van der Waals surface area contributed by atoms with Crippen LogP contribution in [0.25, 0.3) is 10.9 Å². The minimum atomic E-state index is -0.147. The Morgan fingerprint density at radius 1 is 1.28 bits per heavy atom. The van der Waals surface area contributed by atoms with E-state index in [1.165, 1.54) is 4.68 Å². The molecule has 1 aromatic heterocycles. The first-order valence-electron chi connectivity index (χ1n) is 8.33. The highest BCUT2D eigenvalue weighted by molar-refractivity contribution is 9.10. The monoisotopic (exact) mass is 397 g/mol. The summed E-state index contributed by atoms with van der Waals surface area (Å²) < 4.78 is 2.29. The second-order valence-electron chi connectivity index (χ2n) is 6.16. The molecular weight excluding hydrogens is 378 g/mol. The van der Waals surface area contributed by atoms with E-state index in [0.717, 1.165) is 22.0 Å². The Morgan fingerprint density at radius 2 is 2.04 bits per heavy atom. The highest BCUT2D eigenvalue weighted by Gasteiger charge is 2.15. The molecule has 0 aliphatic rings. The van der Waals surface area contributed by atoms with Crippen LogP contribution >= 0.6 is 15.9 Å². The van der Waals surface area contributed by atoms with Crippen molar-refractivity contribution in [3.05, 3.63) is 74.2 Å². The first kappa shape index (κ1) is 17.5. The van der Waals surface area contributed by atoms with Gasteiger partial charge in [-0.3, -0.25) is 4.79 Å². The Balaban J connectivity index is 2.22. The van der Waals surface area contributed by atoms with Gasteiger partial charge in [-0.15, -0.1) is 0 Å². The molecule has 0 N–H and O–H groups in total. The van der Waals surface area contributed by atoms with Crippen molar-refractivity contribution in [2.75, 3.05) is 0 Å². The van der Waals surface area contributed by atoms with Crippen molar-refractivity contribution in [3.8, 4) is 0 Å². The number of aryl methyl sites for hydroxylation is 1. The van der Waals surface area contributed by atoms with Crippen LogP contribution in [0.5, 0.6) is 0 Å². The van der Waals surface area contributed by atoms with Crippen LogP contribution in [0.15, 0.2) is 56.8 Å². The van der Waals surface area contributed by atoms with Gasteiger partial charge in [-0.05, 0) is 42.7 Å². The average molecular weight is 398 g/mol. The molecule has 1 atom stereocenters. The second kappa shape index (κ2) is 7.31. The summed E-state index contributed by atoms with van der Waals surface area (Å²) in [6.45, 7) is 6.17. The van der Waals surface area contributed by atoms with Crippen LogP contribution in [0.1, 0.15) is 43.1 Å². The summed E-state index contributed by atoms with van der Waals surface area (Å²) in [5.74, 6) is 0.821. The Bertz CT molecular complexity index is 1010. The number of fused-ring (bicyclic) bond motifs is 1. The van der Waals surface area contributed by atoms with Crippen LogP contribution < -0.4 is 5.56 Å². The van der Waals surface area contributed by atoms with E-state index < -0.39 is 0 Å². The van der Waals surface area contributed by atoms with Crippen molar-refractivity contribution in [3.63, 3.8) is 0 Å². The summed E-state index contributed by atoms with van der Waals surface area (Å²) in [4.78, 5) is 17.7. The molecule has 0 unspecified atom stereocenters. The summed E-state index contributed by atoms with van der Waals surface area (Å²) >= 11 is 3.42. The van der Waals surface area contributed by atoms with Crippen LogP contribution in [0, 0.1) is 6.92 Å². The zero-order chi connectivity index (χ0) is 18.0. The molecule has 0 saturated carbocycles. The largest absolute Gasteiger partial charge is 0.282 e. The third-order valence-electron chi connectivity index (χ3n) is 4.39. The molecule has 0 bridgehead atoms. The van der Waals surface area contributed by atoms with E-state index >= 15 is 0 Å². The predicted octanol–water partition coefficient (Wildman–Crippen LogP) is 4.86. The van der Waals surface area contributed by atoms with Gasteiger partial charge in [0, 0.05) is 10.4 Å². The van der Waals surface area contributed by atoms with E-state index in [1.54, 1.807) is 12.3 Å². The van der Waals surface area contributed by atoms with Crippen LogP contribution in [0.4, 0.5) is 0 Å². The number of nitrogens with zero attached hydrogens (tertiary/aromatic N) is 3. The molecule has 0 radical (unpaired) electrons. The maximum absolute atomic E-state index is 13.0. The van der Waals surface area contributed by atoms with Gasteiger partial charge in [0.25, 0.3) is 5.56 Å². The van der Waals surface area contributed by atoms with Gasteiger partial charge in [0.05, 0.1) is 17.1 Å². The minimum absolute atomic E-state index is 0.134. The molecule has 0 aliphatic heterocycles. The molecule has 1 heterocycles. The van der Waals surface area contributed by atoms with Gasteiger partial charge in [0.1, 0.15) is 5.82 Å². The zero-order valence-electron chi connectivity index (χ0n) is 14.5. The van der Waals surface area contributed by atoms with Crippen LogP contribution in [-0.2, 0) is 0 Å². The molecule has 0 amide bonds. The molecule has 25 heavy (non-hydrogen) atoms. The molecule has 0 fully saturated rings. The Labute approximate surface area is 155 Å². The first-order valence-corrected chi connectivity index (χ1v) is 9.12. The van der Waals surface area contributed by atoms with E-state index in [1.807, 2.05) is 43.3 Å². The summed E-state index contributed by atoms with van der Waals surface area (Å²) in [6.07, 6.45) is 2.61.